The predicted octanol–water partition coefficient (Wildman–Crippen LogP) is 0.670. The summed E-state index contributed by atoms with van der Waals surface area (Å²) in [5, 5.41) is 14.2. The van der Waals surface area contributed by atoms with Crippen LogP contribution in [0.3, 0.4) is 0 Å². The van der Waals surface area contributed by atoms with Crippen molar-refractivity contribution >= 4 is 17.8 Å². The van der Waals surface area contributed by atoms with Crippen LogP contribution in [-0.4, -0.2) is 28.4 Å². The first kappa shape index (κ1) is 14.0. The Morgan fingerprint density at radius 3 is 2.25 bits per heavy atom. The van der Waals surface area contributed by atoms with Crippen molar-refractivity contribution in [2.75, 3.05) is 0 Å². The van der Waals surface area contributed by atoms with Crippen molar-refractivity contribution in [1.82, 2.24) is 10.6 Å². The number of amides is 2. The van der Waals surface area contributed by atoms with Crippen molar-refractivity contribution in [1.29, 1.82) is 0 Å². The number of hydrogen-bond donors (Lipinski definition) is 3. The fraction of sp³-hybridized carbons (Fsp3) is 0.357. The Hall–Kier alpha value is -2.37. The van der Waals surface area contributed by atoms with Crippen LogP contribution in [0.15, 0.2) is 24.3 Å². The number of carboxylic acid groups (broad SMARTS) is 1. The van der Waals surface area contributed by atoms with E-state index in [4.69, 9.17) is 5.11 Å². The molecule has 0 spiro atoms. The van der Waals surface area contributed by atoms with Crippen molar-refractivity contribution in [2.45, 2.75) is 31.8 Å². The molecule has 0 bridgehead atoms. The van der Waals surface area contributed by atoms with Crippen LogP contribution in [0.2, 0.25) is 0 Å². The second-order valence-electron chi connectivity index (χ2n) is 4.95. The van der Waals surface area contributed by atoms with Crippen LogP contribution >= 0.6 is 0 Å². The van der Waals surface area contributed by atoms with Crippen molar-refractivity contribution in [3.63, 3.8) is 0 Å². The Labute approximate surface area is 116 Å². The van der Waals surface area contributed by atoms with Crippen LogP contribution < -0.4 is 10.6 Å². The quantitative estimate of drug-likeness (QED) is 0.736. The normalized spacial score (nSPS) is 15.2. The molecule has 0 aromatic heterocycles. The van der Waals surface area contributed by atoms with Gasteiger partial charge in [-0.25, -0.2) is 4.79 Å². The van der Waals surface area contributed by atoms with E-state index in [2.05, 4.69) is 10.6 Å². The lowest BCUT2D eigenvalue weighted by Crippen LogP contribution is -2.43. The first-order chi connectivity index (χ1) is 9.43. The molecule has 0 saturated heterocycles. The summed E-state index contributed by atoms with van der Waals surface area (Å²) in [7, 11) is 0. The summed E-state index contributed by atoms with van der Waals surface area (Å²) in [4.78, 5) is 33.7. The molecule has 2 rings (SSSR count). The number of carbonyl (C=O) groups is 3. The van der Waals surface area contributed by atoms with Gasteiger partial charge in [0.05, 0.1) is 0 Å². The Kier molecular flexibility index (Phi) is 3.74. The summed E-state index contributed by atoms with van der Waals surface area (Å²) in [6, 6.07) is 6.69. The number of carbonyl (C=O) groups excluding carboxylic acids is 2. The summed E-state index contributed by atoms with van der Waals surface area (Å²) >= 11 is 0. The average molecular weight is 276 g/mol. The zero-order valence-electron chi connectivity index (χ0n) is 11.1. The third kappa shape index (κ3) is 3.14. The largest absolute Gasteiger partial charge is 0.480 e. The van der Waals surface area contributed by atoms with E-state index >= 15 is 0 Å². The third-order valence-electron chi connectivity index (χ3n) is 3.27. The molecular weight excluding hydrogens is 260 g/mol. The molecule has 1 aliphatic rings. The maximum Gasteiger partial charge on any atom is 0.329 e. The Balaban J connectivity index is 1.97. The molecule has 1 aliphatic carbocycles. The summed E-state index contributed by atoms with van der Waals surface area (Å²) in [6.45, 7) is 1.83. The smallest absolute Gasteiger partial charge is 0.329 e. The van der Waals surface area contributed by atoms with Crippen molar-refractivity contribution in [3.8, 4) is 0 Å². The van der Waals surface area contributed by atoms with Gasteiger partial charge in [0.15, 0.2) is 0 Å². The van der Waals surface area contributed by atoms with Gasteiger partial charge >= 0.3 is 5.97 Å². The van der Waals surface area contributed by atoms with Gasteiger partial charge in [-0.2, -0.15) is 0 Å². The molecule has 0 aliphatic heterocycles. The van der Waals surface area contributed by atoms with Crippen molar-refractivity contribution in [3.05, 3.63) is 35.4 Å². The van der Waals surface area contributed by atoms with Gasteiger partial charge in [-0.05, 0) is 30.5 Å². The summed E-state index contributed by atoms with van der Waals surface area (Å²) < 4.78 is 0. The Morgan fingerprint density at radius 1 is 1.20 bits per heavy atom. The maximum absolute atomic E-state index is 11.9. The highest BCUT2D eigenvalue weighted by atomic mass is 16.4. The highest BCUT2D eigenvalue weighted by molar-refractivity contribution is 5.98. The van der Waals surface area contributed by atoms with Gasteiger partial charge in [0.1, 0.15) is 5.54 Å². The molecule has 1 aromatic rings. The molecule has 1 fully saturated rings. The number of rotatable bonds is 5. The number of benzene rings is 1. The van der Waals surface area contributed by atoms with Gasteiger partial charge in [0.2, 0.25) is 5.91 Å². The van der Waals surface area contributed by atoms with E-state index < -0.39 is 17.4 Å². The molecule has 0 unspecified atom stereocenters. The third-order valence-corrected chi connectivity index (χ3v) is 3.27. The fourth-order valence-electron chi connectivity index (χ4n) is 1.81. The van der Waals surface area contributed by atoms with E-state index in [1.807, 2.05) is 0 Å². The second-order valence-corrected chi connectivity index (χ2v) is 4.95. The molecule has 0 atom stereocenters. The monoisotopic (exact) mass is 276 g/mol. The van der Waals surface area contributed by atoms with Crippen LogP contribution in [0.1, 0.15) is 35.7 Å². The molecule has 2 amide bonds. The lowest BCUT2D eigenvalue weighted by Gasteiger charge is -2.12. The predicted molar refractivity (Wildman–Crippen MR) is 71.0 cm³/mol. The molecule has 106 valence electrons. The molecule has 20 heavy (non-hydrogen) atoms. The van der Waals surface area contributed by atoms with E-state index in [1.54, 1.807) is 24.3 Å². The van der Waals surface area contributed by atoms with E-state index in [-0.39, 0.29) is 5.91 Å². The van der Waals surface area contributed by atoms with Gasteiger partial charge in [-0.3, -0.25) is 9.59 Å². The van der Waals surface area contributed by atoms with E-state index in [0.717, 1.165) is 5.56 Å². The Morgan fingerprint density at radius 2 is 1.80 bits per heavy atom. The van der Waals surface area contributed by atoms with Crippen LogP contribution in [0.4, 0.5) is 0 Å². The standard InChI is InChI=1S/C14H16N2O4/c1-9(17)15-8-10-2-4-11(5-3-10)12(18)16-14(6-7-14)13(19)20/h2-5H,6-8H2,1H3,(H,15,17)(H,16,18)(H,19,20). The number of hydrogen-bond acceptors (Lipinski definition) is 3. The minimum atomic E-state index is -1.08. The average Bonchev–Trinajstić information content (AvgIpc) is 3.18. The SMILES string of the molecule is CC(=O)NCc1ccc(C(=O)NC2(C(=O)O)CC2)cc1. The topological polar surface area (TPSA) is 95.5 Å². The van der Waals surface area contributed by atoms with Gasteiger partial charge in [-0.1, -0.05) is 12.1 Å². The molecule has 6 heteroatoms. The molecule has 1 aromatic carbocycles. The number of nitrogens with one attached hydrogen (secondary N) is 2. The van der Waals surface area contributed by atoms with Crippen molar-refractivity contribution < 1.29 is 19.5 Å². The van der Waals surface area contributed by atoms with Gasteiger partial charge in [0.25, 0.3) is 5.91 Å². The molecule has 6 nitrogen and oxygen atoms in total. The minimum absolute atomic E-state index is 0.121. The second kappa shape index (κ2) is 5.32. The summed E-state index contributed by atoms with van der Waals surface area (Å²) in [5.74, 6) is -1.51. The van der Waals surface area contributed by atoms with Crippen LogP contribution in [-0.2, 0) is 16.1 Å². The van der Waals surface area contributed by atoms with Crippen molar-refractivity contribution in [2.24, 2.45) is 0 Å². The zero-order valence-corrected chi connectivity index (χ0v) is 11.1. The highest BCUT2D eigenvalue weighted by Crippen LogP contribution is 2.35. The first-order valence-electron chi connectivity index (χ1n) is 6.32. The van der Waals surface area contributed by atoms with Crippen LogP contribution in [0, 0.1) is 0 Å². The Bertz CT molecular complexity index is 547. The lowest BCUT2D eigenvalue weighted by atomic mass is 10.1. The molecular formula is C14H16N2O4. The maximum atomic E-state index is 11.9. The first-order valence-corrected chi connectivity index (χ1v) is 6.32. The molecule has 0 heterocycles. The van der Waals surface area contributed by atoms with Gasteiger partial charge in [0, 0.05) is 19.0 Å². The minimum Gasteiger partial charge on any atom is -0.480 e. The van der Waals surface area contributed by atoms with Gasteiger partial charge < -0.3 is 15.7 Å². The summed E-state index contributed by atoms with van der Waals surface area (Å²) in [5.41, 5.74) is 0.201. The molecule has 1 saturated carbocycles. The summed E-state index contributed by atoms with van der Waals surface area (Å²) in [6.07, 6.45) is 0.934. The van der Waals surface area contributed by atoms with E-state index in [1.165, 1.54) is 6.92 Å². The zero-order chi connectivity index (χ0) is 14.8. The number of aliphatic carboxylic acids is 1. The fourth-order valence-corrected chi connectivity index (χ4v) is 1.81. The highest BCUT2D eigenvalue weighted by Gasteiger charge is 2.51. The number of carboxylic acids is 1. The van der Waals surface area contributed by atoms with Crippen LogP contribution in [0.5, 0.6) is 0 Å². The van der Waals surface area contributed by atoms with Gasteiger partial charge in [-0.15, -0.1) is 0 Å². The molecule has 3 N–H and O–H groups in total. The van der Waals surface area contributed by atoms with E-state index in [0.29, 0.717) is 24.9 Å². The van der Waals surface area contributed by atoms with Crippen LogP contribution in [0.25, 0.3) is 0 Å². The van der Waals surface area contributed by atoms with E-state index in [9.17, 15) is 14.4 Å². The molecule has 0 radical (unpaired) electrons. The lowest BCUT2D eigenvalue weighted by molar-refractivity contribution is -0.140.